The Labute approximate surface area is 204 Å². The summed E-state index contributed by atoms with van der Waals surface area (Å²) in [7, 11) is 0. The quantitative estimate of drug-likeness (QED) is 0.0927. The Bertz CT molecular complexity index is 460. The van der Waals surface area contributed by atoms with Crippen molar-refractivity contribution in [3.63, 3.8) is 0 Å². The Morgan fingerprint density at radius 2 is 1.09 bits per heavy atom. The maximum atomic E-state index is 10.4. The summed E-state index contributed by atoms with van der Waals surface area (Å²) in [6.07, 6.45) is 29.6. The molecule has 0 rings (SSSR count). The number of aliphatic hydroxyl groups excluding tert-OH is 2. The van der Waals surface area contributed by atoms with Gasteiger partial charge in [0, 0.05) is 25.4 Å². The van der Waals surface area contributed by atoms with Crippen LogP contribution in [0.5, 0.6) is 0 Å². The van der Waals surface area contributed by atoms with Gasteiger partial charge >= 0.3 is 0 Å². The van der Waals surface area contributed by atoms with E-state index in [1.807, 2.05) is 0 Å². The number of aliphatic hydroxyl groups is 2. The minimum atomic E-state index is -0.416. The number of unbranched alkanes of at least 4 members (excludes halogenated alkanes) is 6. The van der Waals surface area contributed by atoms with Gasteiger partial charge in [-0.1, -0.05) is 88.1 Å². The fourth-order valence-electron chi connectivity index (χ4n) is 3.45. The summed E-state index contributed by atoms with van der Waals surface area (Å²) in [5.74, 6) is 0.719. The van der Waals surface area contributed by atoms with Crippen LogP contribution in [0, 0.1) is 0 Å². The van der Waals surface area contributed by atoms with E-state index in [1.165, 1.54) is 38.5 Å². The Kier molecular flexibility index (Phi) is 24.2. The van der Waals surface area contributed by atoms with Gasteiger partial charge in [-0.05, 0) is 51.4 Å². The molecule has 32 heavy (non-hydrogen) atoms. The zero-order valence-corrected chi connectivity index (χ0v) is 21.8. The number of nitrogens with zero attached hydrogens (tertiary/aromatic N) is 1. The van der Waals surface area contributed by atoms with Crippen LogP contribution in [0.4, 0.5) is 0 Å². The molecule has 0 saturated heterocycles. The van der Waals surface area contributed by atoms with Crippen LogP contribution in [-0.4, -0.2) is 52.7 Å². The van der Waals surface area contributed by atoms with Crippen LogP contribution < -0.4 is 0 Å². The van der Waals surface area contributed by atoms with Gasteiger partial charge < -0.3 is 10.2 Å². The predicted octanol–water partition coefficient (Wildman–Crippen LogP) is 6.89. The molecule has 2 unspecified atom stereocenters. The minimum absolute atomic E-state index is 0.416. The van der Waals surface area contributed by atoms with Crippen molar-refractivity contribution in [2.45, 2.75) is 103 Å². The number of thiol groups is 1. The lowest BCUT2D eigenvalue weighted by atomic mass is 10.1. The summed E-state index contributed by atoms with van der Waals surface area (Å²) < 4.78 is 0. The molecule has 0 fully saturated rings. The van der Waals surface area contributed by atoms with Gasteiger partial charge in [0.15, 0.2) is 0 Å². The number of allylic oxidation sites excluding steroid dienone is 6. The van der Waals surface area contributed by atoms with Crippen LogP contribution in [0.3, 0.4) is 0 Å². The van der Waals surface area contributed by atoms with E-state index >= 15 is 0 Å². The van der Waals surface area contributed by atoms with Crippen molar-refractivity contribution in [2.75, 3.05) is 25.4 Å². The minimum Gasteiger partial charge on any atom is -0.391 e. The van der Waals surface area contributed by atoms with Gasteiger partial charge in [0.25, 0.3) is 0 Å². The van der Waals surface area contributed by atoms with Gasteiger partial charge in [-0.25, -0.2) is 0 Å². The Morgan fingerprint density at radius 3 is 1.50 bits per heavy atom. The molecule has 2 N–H and O–H groups in total. The second-order valence-electron chi connectivity index (χ2n) is 8.61. The zero-order chi connectivity index (χ0) is 23.7. The van der Waals surface area contributed by atoms with Gasteiger partial charge in [-0.15, -0.1) is 0 Å². The summed E-state index contributed by atoms with van der Waals surface area (Å²) in [5, 5.41) is 20.7. The third-order valence-corrected chi connectivity index (χ3v) is 5.53. The summed E-state index contributed by atoms with van der Waals surface area (Å²) in [5.41, 5.74) is 0. The predicted molar refractivity (Wildman–Crippen MR) is 146 cm³/mol. The maximum absolute atomic E-state index is 10.4. The van der Waals surface area contributed by atoms with E-state index < -0.39 is 12.2 Å². The topological polar surface area (TPSA) is 43.7 Å². The van der Waals surface area contributed by atoms with Crippen molar-refractivity contribution in [1.29, 1.82) is 0 Å². The monoisotopic (exact) mass is 465 g/mol. The van der Waals surface area contributed by atoms with Gasteiger partial charge in [0.2, 0.25) is 0 Å². The standard InChI is InChI=1S/C28H51NO2S/c1-3-5-7-9-11-13-15-17-19-21-27(30)25-29(23-24-32)26-28(31)22-20-18-16-14-12-10-8-6-4-2/h11-14,17-20,27-28,30-32H,3-10,15-16,21-26H2,1-2H3/b13-11-,14-12-,19-17-,20-18-. The van der Waals surface area contributed by atoms with Crippen molar-refractivity contribution >= 4 is 12.6 Å². The van der Waals surface area contributed by atoms with Crippen molar-refractivity contribution in [2.24, 2.45) is 0 Å². The Balaban J connectivity index is 4.07. The van der Waals surface area contributed by atoms with Crippen LogP contribution in [-0.2, 0) is 0 Å². The first-order valence-electron chi connectivity index (χ1n) is 12.9. The molecule has 0 aromatic rings. The molecule has 186 valence electrons. The van der Waals surface area contributed by atoms with Gasteiger partial charge in [0.05, 0.1) is 12.2 Å². The molecule has 0 heterocycles. The first kappa shape index (κ1) is 31.2. The largest absolute Gasteiger partial charge is 0.391 e. The van der Waals surface area contributed by atoms with Crippen molar-refractivity contribution < 1.29 is 10.2 Å². The van der Waals surface area contributed by atoms with Crippen molar-refractivity contribution in [3.05, 3.63) is 48.6 Å². The second-order valence-corrected chi connectivity index (χ2v) is 9.06. The molecule has 0 aromatic heterocycles. The second kappa shape index (κ2) is 24.8. The molecule has 3 nitrogen and oxygen atoms in total. The van der Waals surface area contributed by atoms with E-state index in [1.54, 1.807) is 0 Å². The van der Waals surface area contributed by atoms with Gasteiger partial charge in [-0.3, -0.25) is 4.90 Å². The van der Waals surface area contributed by atoms with Crippen molar-refractivity contribution in [1.82, 2.24) is 4.90 Å². The molecule has 0 aromatic carbocycles. The number of rotatable bonds is 22. The smallest absolute Gasteiger partial charge is 0.0701 e. The highest BCUT2D eigenvalue weighted by molar-refractivity contribution is 7.80. The molecular weight excluding hydrogens is 414 g/mol. The first-order chi connectivity index (χ1) is 15.6. The Morgan fingerprint density at radius 1 is 0.656 bits per heavy atom. The fraction of sp³-hybridized carbons (Fsp3) is 0.714. The summed E-state index contributed by atoms with van der Waals surface area (Å²) in [6, 6.07) is 0. The fourth-order valence-corrected chi connectivity index (χ4v) is 3.74. The lowest BCUT2D eigenvalue weighted by Crippen LogP contribution is -2.39. The van der Waals surface area contributed by atoms with E-state index in [2.05, 4.69) is 80.0 Å². The van der Waals surface area contributed by atoms with Gasteiger partial charge in [0.1, 0.15) is 0 Å². The molecule has 0 saturated carbocycles. The normalized spacial score (nSPS) is 14.7. The third kappa shape index (κ3) is 22.4. The molecule has 0 radical (unpaired) electrons. The first-order valence-corrected chi connectivity index (χ1v) is 13.6. The highest BCUT2D eigenvalue weighted by atomic mass is 32.1. The maximum Gasteiger partial charge on any atom is 0.0701 e. The number of hydrogen-bond acceptors (Lipinski definition) is 4. The highest BCUT2D eigenvalue weighted by Gasteiger charge is 2.14. The van der Waals surface area contributed by atoms with E-state index in [4.69, 9.17) is 0 Å². The van der Waals surface area contributed by atoms with Crippen LogP contribution in [0.1, 0.15) is 90.9 Å². The summed E-state index contributed by atoms with van der Waals surface area (Å²) in [6.45, 7) is 6.36. The zero-order valence-electron chi connectivity index (χ0n) is 20.9. The molecule has 0 aliphatic heterocycles. The van der Waals surface area contributed by atoms with Crippen LogP contribution >= 0.6 is 12.6 Å². The molecular formula is C28H51NO2S. The molecule has 0 bridgehead atoms. The lowest BCUT2D eigenvalue weighted by molar-refractivity contribution is 0.0752. The molecule has 0 aliphatic carbocycles. The SMILES string of the molecule is CCCCC/C=C\C/C=C\CC(O)CN(CCS)CC(O)C/C=C\C/C=C\CCCCC. The lowest BCUT2D eigenvalue weighted by Gasteiger charge is -2.26. The molecule has 4 heteroatoms. The van der Waals surface area contributed by atoms with E-state index in [9.17, 15) is 10.2 Å². The van der Waals surface area contributed by atoms with E-state index in [-0.39, 0.29) is 0 Å². The number of hydrogen-bond donors (Lipinski definition) is 3. The molecule has 0 aliphatic rings. The van der Waals surface area contributed by atoms with Gasteiger partial charge in [-0.2, -0.15) is 12.6 Å². The average molecular weight is 466 g/mol. The van der Waals surface area contributed by atoms with E-state index in [0.717, 1.165) is 38.0 Å². The molecule has 0 spiro atoms. The summed E-state index contributed by atoms with van der Waals surface area (Å²) in [4.78, 5) is 2.12. The molecule has 0 amide bonds. The van der Waals surface area contributed by atoms with Crippen LogP contribution in [0.2, 0.25) is 0 Å². The third-order valence-electron chi connectivity index (χ3n) is 5.33. The average Bonchev–Trinajstić information content (AvgIpc) is 2.77. The van der Waals surface area contributed by atoms with Crippen LogP contribution in [0.25, 0.3) is 0 Å². The van der Waals surface area contributed by atoms with Crippen molar-refractivity contribution in [3.8, 4) is 0 Å². The highest BCUT2D eigenvalue weighted by Crippen LogP contribution is 2.06. The molecule has 2 atom stereocenters. The summed E-state index contributed by atoms with van der Waals surface area (Å²) >= 11 is 4.34. The van der Waals surface area contributed by atoms with Crippen LogP contribution in [0.15, 0.2) is 48.6 Å². The van der Waals surface area contributed by atoms with E-state index in [0.29, 0.717) is 25.9 Å². The Hall–Kier alpha value is -0.810.